The molecule has 8 heteroatoms. The molecule has 0 radical (unpaired) electrons. The predicted molar refractivity (Wildman–Crippen MR) is 124 cm³/mol. The number of carbonyl (C=O) groups excluding carboxylic acids is 2. The average Bonchev–Trinajstić information content (AvgIpc) is 3.02. The number of carbonyl (C=O) groups is 3. The average molecular weight is 456 g/mol. The van der Waals surface area contributed by atoms with E-state index in [0.717, 1.165) is 22.9 Å². The molecule has 0 bridgehead atoms. The van der Waals surface area contributed by atoms with Crippen LogP contribution in [-0.4, -0.2) is 34.9 Å². The molecular formula is C24H25NO6S. The monoisotopic (exact) mass is 455 g/mol. The van der Waals surface area contributed by atoms with E-state index in [-0.39, 0.29) is 5.24 Å². The lowest BCUT2D eigenvalue weighted by Gasteiger charge is -2.17. The van der Waals surface area contributed by atoms with Crippen LogP contribution in [0.1, 0.15) is 37.0 Å². The van der Waals surface area contributed by atoms with Gasteiger partial charge in [-0.05, 0) is 86.0 Å². The Morgan fingerprint density at radius 3 is 2.47 bits per heavy atom. The fourth-order valence-electron chi connectivity index (χ4n) is 3.15. The summed E-state index contributed by atoms with van der Waals surface area (Å²) in [5.74, 6) is -0.770. The normalized spacial score (nSPS) is 15.9. The van der Waals surface area contributed by atoms with Crippen molar-refractivity contribution in [1.29, 1.82) is 0 Å². The lowest BCUT2D eigenvalue weighted by molar-refractivity contribution is -0.145. The van der Waals surface area contributed by atoms with E-state index in [4.69, 9.17) is 9.47 Å². The number of thioether (sulfide) groups is 1. The summed E-state index contributed by atoms with van der Waals surface area (Å²) in [6.45, 7) is 7.78. The molecule has 3 rings (SSSR count). The van der Waals surface area contributed by atoms with Crippen molar-refractivity contribution >= 4 is 40.6 Å². The third kappa shape index (κ3) is 4.96. The number of anilines is 1. The summed E-state index contributed by atoms with van der Waals surface area (Å²) in [6.07, 6.45) is 0.926. The van der Waals surface area contributed by atoms with Gasteiger partial charge in [-0.2, -0.15) is 0 Å². The second kappa shape index (κ2) is 9.91. The third-order valence-corrected chi connectivity index (χ3v) is 5.89. The number of aliphatic carboxylic acids is 1. The highest BCUT2D eigenvalue weighted by atomic mass is 32.2. The van der Waals surface area contributed by atoms with Gasteiger partial charge in [-0.3, -0.25) is 9.59 Å². The summed E-state index contributed by atoms with van der Waals surface area (Å²) in [7, 11) is 0. The van der Waals surface area contributed by atoms with E-state index in [9.17, 15) is 19.5 Å². The molecule has 32 heavy (non-hydrogen) atoms. The van der Waals surface area contributed by atoms with E-state index in [1.165, 1.54) is 4.90 Å². The van der Waals surface area contributed by atoms with Gasteiger partial charge < -0.3 is 14.6 Å². The van der Waals surface area contributed by atoms with Gasteiger partial charge in [-0.15, -0.1) is 0 Å². The summed E-state index contributed by atoms with van der Waals surface area (Å²) in [6, 6.07) is 10.4. The van der Waals surface area contributed by atoms with Gasteiger partial charge in [0.15, 0.2) is 17.6 Å². The highest BCUT2D eigenvalue weighted by Crippen LogP contribution is 2.37. The minimum Gasteiger partial charge on any atom is -0.490 e. The first kappa shape index (κ1) is 23.4. The van der Waals surface area contributed by atoms with Crippen LogP contribution in [0.2, 0.25) is 0 Å². The van der Waals surface area contributed by atoms with Gasteiger partial charge in [0.25, 0.3) is 11.1 Å². The van der Waals surface area contributed by atoms with E-state index in [0.29, 0.717) is 40.7 Å². The molecule has 1 heterocycles. The van der Waals surface area contributed by atoms with Crippen molar-refractivity contribution in [2.24, 2.45) is 0 Å². The van der Waals surface area contributed by atoms with Crippen molar-refractivity contribution in [3.8, 4) is 11.5 Å². The number of aryl methyl sites for hydroxylation is 2. The van der Waals surface area contributed by atoms with Crippen LogP contribution in [-0.2, 0) is 9.59 Å². The maximum absolute atomic E-state index is 12.9. The van der Waals surface area contributed by atoms with Crippen molar-refractivity contribution in [3.63, 3.8) is 0 Å². The zero-order valence-corrected chi connectivity index (χ0v) is 19.2. The first-order valence-corrected chi connectivity index (χ1v) is 11.1. The molecule has 2 aromatic rings. The standard InChI is InChI=1S/C24H25NO6S/c1-5-18(23(27)28)31-19-10-8-16(12-20(19)30-6-2)13-21-22(26)25(24(29)32-21)17-9-7-14(3)15(4)11-17/h7-13,18H,5-6H2,1-4H3,(H,27,28)/b21-13+. The lowest BCUT2D eigenvalue weighted by Crippen LogP contribution is -2.27. The summed E-state index contributed by atoms with van der Waals surface area (Å²) in [5.41, 5.74) is 3.25. The molecule has 1 aliphatic heterocycles. The lowest BCUT2D eigenvalue weighted by atomic mass is 10.1. The smallest absolute Gasteiger partial charge is 0.344 e. The second-order valence-electron chi connectivity index (χ2n) is 7.28. The Morgan fingerprint density at radius 1 is 1.09 bits per heavy atom. The third-order valence-electron chi connectivity index (χ3n) is 5.02. The number of amides is 2. The fraction of sp³-hybridized carbons (Fsp3) is 0.292. The van der Waals surface area contributed by atoms with Crippen molar-refractivity contribution < 1.29 is 29.0 Å². The van der Waals surface area contributed by atoms with Crippen LogP contribution in [0.15, 0.2) is 41.3 Å². The minimum atomic E-state index is -1.06. The maximum atomic E-state index is 12.9. The number of hydrogen-bond donors (Lipinski definition) is 1. The quantitative estimate of drug-likeness (QED) is 0.548. The molecule has 1 saturated heterocycles. The van der Waals surface area contributed by atoms with E-state index in [1.54, 1.807) is 44.2 Å². The van der Waals surface area contributed by atoms with Gasteiger partial charge in [-0.1, -0.05) is 19.1 Å². The van der Waals surface area contributed by atoms with Gasteiger partial charge in [-0.25, -0.2) is 9.69 Å². The van der Waals surface area contributed by atoms with Crippen LogP contribution in [0.3, 0.4) is 0 Å². The maximum Gasteiger partial charge on any atom is 0.344 e. The number of benzene rings is 2. The van der Waals surface area contributed by atoms with Crippen LogP contribution < -0.4 is 14.4 Å². The number of hydrogen-bond acceptors (Lipinski definition) is 6. The van der Waals surface area contributed by atoms with E-state index in [1.807, 2.05) is 26.0 Å². The van der Waals surface area contributed by atoms with Crippen molar-refractivity contribution in [1.82, 2.24) is 0 Å². The van der Waals surface area contributed by atoms with Gasteiger partial charge in [0.1, 0.15) is 0 Å². The van der Waals surface area contributed by atoms with Crippen LogP contribution in [0.4, 0.5) is 10.5 Å². The van der Waals surface area contributed by atoms with E-state index in [2.05, 4.69) is 0 Å². The molecular weight excluding hydrogens is 430 g/mol. The molecule has 0 aromatic heterocycles. The Labute approximate surface area is 191 Å². The highest BCUT2D eigenvalue weighted by Gasteiger charge is 2.36. The number of rotatable bonds is 8. The zero-order chi connectivity index (χ0) is 23.4. The topological polar surface area (TPSA) is 93.1 Å². The SMILES string of the molecule is CCOc1cc(/C=C2/SC(=O)N(c3ccc(C)c(C)c3)C2=O)ccc1OC(CC)C(=O)O. The Balaban J connectivity index is 1.89. The van der Waals surface area contributed by atoms with Gasteiger partial charge >= 0.3 is 5.97 Å². The van der Waals surface area contributed by atoms with Gasteiger partial charge in [0.2, 0.25) is 0 Å². The fourth-order valence-corrected chi connectivity index (χ4v) is 3.99. The molecule has 0 saturated carbocycles. The van der Waals surface area contributed by atoms with Crippen LogP contribution >= 0.6 is 11.8 Å². The largest absolute Gasteiger partial charge is 0.490 e. The van der Waals surface area contributed by atoms with Gasteiger partial charge in [0, 0.05) is 0 Å². The number of nitrogens with zero attached hydrogens (tertiary/aromatic N) is 1. The Hall–Kier alpha value is -3.26. The Morgan fingerprint density at radius 2 is 1.84 bits per heavy atom. The summed E-state index contributed by atoms with van der Waals surface area (Å²) in [4.78, 5) is 38.3. The summed E-state index contributed by atoms with van der Waals surface area (Å²) >= 11 is 0.872. The number of carboxylic acid groups (broad SMARTS) is 1. The van der Waals surface area contributed by atoms with Crippen LogP contribution in [0.25, 0.3) is 6.08 Å². The molecule has 1 N–H and O–H groups in total. The molecule has 168 valence electrons. The van der Waals surface area contributed by atoms with E-state index >= 15 is 0 Å². The number of imide groups is 1. The van der Waals surface area contributed by atoms with Crippen molar-refractivity contribution in [2.75, 3.05) is 11.5 Å². The summed E-state index contributed by atoms with van der Waals surface area (Å²) < 4.78 is 11.2. The molecule has 0 spiro atoms. The molecule has 1 atom stereocenters. The highest BCUT2D eigenvalue weighted by molar-refractivity contribution is 8.19. The van der Waals surface area contributed by atoms with Crippen molar-refractivity contribution in [2.45, 2.75) is 40.2 Å². The number of carboxylic acids is 1. The first-order valence-electron chi connectivity index (χ1n) is 10.3. The Kier molecular flexibility index (Phi) is 7.25. The van der Waals surface area contributed by atoms with E-state index < -0.39 is 18.0 Å². The molecule has 1 unspecified atom stereocenters. The molecule has 1 aliphatic rings. The number of ether oxygens (including phenoxy) is 2. The molecule has 2 aromatic carbocycles. The second-order valence-corrected chi connectivity index (χ2v) is 8.27. The Bertz CT molecular complexity index is 1090. The summed E-state index contributed by atoms with van der Waals surface area (Å²) in [5, 5.41) is 8.89. The van der Waals surface area contributed by atoms with Crippen molar-refractivity contribution in [3.05, 3.63) is 58.0 Å². The minimum absolute atomic E-state index is 0.293. The van der Waals surface area contributed by atoms with Gasteiger partial charge in [0.05, 0.1) is 17.2 Å². The molecule has 7 nitrogen and oxygen atoms in total. The molecule has 2 amide bonds. The molecule has 0 aliphatic carbocycles. The first-order chi connectivity index (χ1) is 15.2. The van der Waals surface area contributed by atoms with Crippen LogP contribution in [0, 0.1) is 13.8 Å². The molecule has 1 fully saturated rings. The predicted octanol–water partition coefficient (Wildman–Crippen LogP) is 5.19. The van der Waals surface area contributed by atoms with Crippen LogP contribution in [0.5, 0.6) is 11.5 Å². The zero-order valence-electron chi connectivity index (χ0n) is 18.4.